The fraction of sp³-hybridized carbons (Fsp3) is 0.154. The van der Waals surface area contributed by atoms with E-state index in [0.29, 0.717) is 11.3 Å². The molecule has 1 N–H and O–H groups in total. The quantitative estimate of drug-likeness (QED) is 0.663. The van der Waals surface area contributed by atoms with E-state index < -0.39 is 4.92 Å². The standard InChI is InChI=1S/C13H11N5O3/c14-9-10-3-1-2-4-11(10)15-13(19)6-8-17-7-5-12(16-17)18(20)21/h1-5,7H,6,8H2,(H,15,19). The van der Waals surface area contributed by atoms with E-state index >= 15 is 0 Å². The van der Waals surface area contributed by atoms with E-state index in [2.05, 4.69) is 10.4 Å². The topological polar surface area (TPSA) is 114 Å². The highest BCUT2D eigenvalue weighted by Gasteiger charge is 2.12. The average molecular weight is 285 g/mol. The normalized spacial score (nSPS) is 9.86. The Morgan fingerprint density at radius 3 is 2.86 bits per heavy atom. The second-order valence-electron chi connectivity index (χ2n) is 4.15. The number of carbonyl (C=O) groups excluding carboxylic acids is 1. The van der Waals surface area contributed by atoms with Crippen LogP contribution >= 0.6 is 0 Å². The molecule has 0 fully saturated rings. The Hall–Kier alpha value is -3.21. The predicted octanol–water partition coefficient (Wildman–Crippen LogP) is 1.69. The van der Waals surface area contributed by atoms with Crippen molar-refractivity contribution in [1.29, 1.82) is 5.26 Å². The average Bonchev–Trinajstić information content (AvgIpc) is 2.95. The number of nitrogens with zero attached hydrogens (tertiary/aromatic N) is 4. The molecule has 0 bridgehead atoms. The molecule has 0 radical (unpaired) electrons. The zero-order valence-electron chi connectivity index (χ0n) is 10.9. The molecular formula is C13H11N5O3. The van der Waals surface area contributed by atoms with Crippen molar-refractivity contribution in [1.82, 2.24) is 9.78 Å². The lowest BCUT2D eigenvalue weighted by atomic mass is 10.2. The highest BCUT2D eigenvalue weighted by Crippen LogP contribution is 2.14. The van der Waals surface area contributed by atoms with Crippen molar-refractivity contribution in [3.05, 3.63) is 52.2 Å². The van der Waals surface area contributed by atoms with Gasteiger partial charge in [0.15, 0.2) is 0 Å². The Labute approximate surface area is 119 Å². The van der Waals surface area contributed by atoms with Gasteiger partial charge >= 0.3 is 5.82 Å². The van der Waals surface area contributed by atoms with Crippen LogP contribution in [-0.4, -0.2) is 20.6 Å². The van der Waals surface area contributed by atoms with E-state index in [1.165, 1.54) is 16.9 Å². The minimum atomic E-state index is -0.597. The smallest absolute Gasteiger partial charge is 0.358 e. The van der Waals surface area contributed by atoms with Crippen LogP contribution in [0.1, 0.15) is 12.0 Å². The van der Waals surface area contributed by atoms with Crippen molar-refractivity contribution < 1.29 is 9.72 Å². The van der Waals surface area contributed by atoms with Gasteiger partial charge in [0.25, 0.3) is 0 Å². The summed E-state index contributed by atoms with van der Waals surface area (Å²) in [6.45, 7) is 0.217. The molecule has 1 amide bonds. The summed E-state index contributed by atoms with van der Waals surface area (Å²) in [5, 5.41) is 25.7. The van der Waals surface area contributed by atoms with Gasteiger partial charge in [0, 0.05) is 6.42 Å². The van der Waals surface area contributed by atoms with Crippen LogP contribution in [0.25, 0.3) is 0 Å². The Bertz CT molecular complexity index is 717. The van der Waals surface area contributed by atoms with Crippen LogP contribution in [0.15, 0.2) is 36.5 Å². The SMILES string of the molecule is N#Cc1ccccc1NC(=O)CCn1ccc([N+](=O)[O-])n1. The van der Waals surface area contributed by atoms with Gasteiger partial charge in [0.1, 0.15) is 6.07 Å². The molecule has 0 aliphatic rings. The number of nitro groups is 1. The zero-order valence-corrected chi connectivity index (χ0v) is 10.9. The van der Waals surface area contributed by atoms with Gasteiger partial charge in [0.05, 0.1) is 35.2 Å². The number of aromatic nitrogens is 2. The molecule has 0 aliphatic heterocycles. The van der Waals surface area contributed by atoms with Gasteiger partial charge in [-0.3, -0.25) is 4.79 Å². The second-order valence-corrected chi connectivity index (χ2v) is 4.15. The molecule has 0 unspecified atom stereocenters. The van der Waals surface area contributed by atoms with Gasteiger partial charge < -0.3 is 15.4 Å². The number of anilines is 1. The highest BCUT2D eigenvalue weighted by atomic mass is 16.6. The molecule has 8 heteroatoms. The highest BCUT2D eigenvalue weighted by molar-refractivity contribution is 5.91. The maximum atomic E-state index is 11.8. The van der Waals surface area contributed by atoms with Crippen LogP contribution < -0.4 is 5.32 Å². The molecule has 2 rings (SSSR count). The van der Waals surface area contributed by atoms with Gasteiger partial charge in [-0.1, -0.05) is 12.1 Å². The van der Waals surface area contributed by atoms with Crippen LogP contribution in [0.2, 0.25) is 0 Å². The van der Waals surface area contributed by atoms with Crippen molar-refractivity contribution in [2.45, 2.75) is 13.0 Å². The molecule has 0 saturated heterocycles. The van der Waals surface area contributed by atoms with E-state index in [9.17, 15) is 14.9 Å². The summed E-state index contributed by atoms with van der Waals surface area (Å²) in [5.41, 5.74) is 0.817. The molecule has 0 spiro atoms. The Morgan fingerprint density at radius 1 is 1.43 bits per heavy atom. The Balaban J connectivity index is 1.93. The molecule has 2 aromatic rings. The van der Waals surface area contributed by atoms with Crippen LogP contribution in [0.3, 0.4) is 0 Å². The third-order valence-corrected chi connectivity index (χ3v) is 2.70. The molecule has 1 aromatic heterocycles. The van der Waals surface area contributed by atoms with Crippen LogP contribution in [0, 0.1) is 21.4 Å². The summed E-state index contributed by atoms with van der Waals surface area (Å²) in [6, 6.07) is 9.91. The van der Waals surface area contributed by atoms with Crippen LogP contribution in [-0.2, 0) is 11.3 Å². The maximum absolute atomic E-state index is 11.8. The second kappa shape index (κ2) is 6.29. The third-order valence-electron chi connectivity index (χ3n) is 2.70. The van der Waals surface area contributed by atoms with Gasteiger partial charge in [-0.05, 0) is 17.1 Å². The number of hydrogen-bond acceptors (Lipinski definition) is 5. The first-order chi connectivity index (χ1) is 10.1. The summed E-state index contributed by atoms with van der Waals surface area (Å²) in [5.74, 6) is -0.555. The molecule has 0 atom stereocenters. The van der Waals surface area contributed by atoms with Gasteiger partial charge in [0.2, 0.25) is 5.91 Å². The van der Waals surface area contributed by atoms with Gasteiger partial charge in [-0.2, -0.15) is 9.94 Å². The van der Waals surface area contributed by atoms with Crippen molar-refractivity contribution in [2.24, 2.45) is 0 Å². The number of benzene rings is 1. The van der Waals surface area contributed by atoms with E-state index in [1.807, 2.05) is 6.07 Å². The number of amides is 1. The minimum Gasteiger partial charge on any atom is -0.358 e. The lowest BCUT2D eigenvalue weighted by Gasteiger charge is -2.05. The Morgan fingerprint density at radius 2 is 2.19 bits per heavy atom. The maximum Gasteiger partial charge on any atom is 0.389 e. The predicted molar refractivity (Wildman–Crippen MR) is 73.3 cm³/mol. The lowest BCUT2D eigenvalue weighted by molar-refractivity contribution is -0.389. The van der Waals surface area contributed by atoms with E-state index in [4.69, 9.17) is 5.26 Å². The van der Waals surface area contributed by atoms with Gasteiger partial charge in [-0.25, -0.2) is 0 Å². The lowest BCUT2D eigenvalue weighted by Crippen LogP contribution is -2.15. The van der Waals surface area contributed by atoms with Gasteiger partial charge in [-0.15, -0.1) is 0 Å². The molecule has 21 heavy (non-hydrogen) atoms. The number of aryl methyl sites for hydroxylation is 1. The number of hydrogen-bond donors (Lipinski definition) is 1. The van der Waals surface area contributed by atoms with Crippen molar-refractivity contribution in [3.63, 3.8) is 0 Å². The number of carbonyl (C=O) groups is 1. The van der Waals surface area contributed by atoms with Crippen molar-refractivity contribution in [3.8, 4) is 6.07 Å². The molecule has 8 nitrogen and oxygen atoms in total. The summed E-state index contributed by atoms with van der Waals surface area (Å²) in [6.07, 6.45) is 1.53. The van der Waals surface area contributed by atoms with Crippen molar-refractivity contribution >= 4 is 17.4 Å². The first-order valence-corrected chi connectivity index (χ1v) is 6.07. The zero-order chi connectivity index (χ0) is 15.2. The first kappa shape index (κ1) is 14.2. The largest absolute Gasteiger partial charge is 0.389 e. The number of rotatable bonds is 5. The number of nitriles is 1. The fourth-order valence-electron chi connectivity index (χ4n) is 1.69. The molecular weight excluding hydrogens is 274 g/mol. The summed E-state index contributed by atoms with van der Waals surface area (Å²) < 4.78 is 1.33. The summed E-state index contributed by atoms with van der Waals surface area (Å²) in [4.78, 5) is 21.7. The number of nitrogens with one attached hydrogen (secondary N) is 1. The number of para-hydroxylation sites is 1. The molecule has 1 aromatic carbocycles. The van der Waals surface area contributed by atoms with Crippen LogP contribution in [0.5, 0.6) is 0 Å². The van der Waals surface area contributed by atoms with E-state index in [1.54, 1.807) is 24.3 Å². The fourth-order valence-corrected chi connectivity index (χ4v) is 1.69. The van der Waals surface area contributed by atoms with E-state index in [-0.39, 0.29) is 24.7 Å². The molecule has 0 aliphatic carbocycles. The molecule has 106 valence electrons. The van der Waals surface area contributed by atoms with Crippen LogP contribution in [0.4, 0.5) is 11.5 Å². The first-order valence-electron chi connectivity index (χ1n) is 6.07. The molecule has 1 heterocycles. The molecule has 0 saturated carbocycles. The summed E-state index contributed by atoms with van der Waals surface area (Å²) >= 11 is 0. The minimum absolute atomic E-state index is 0.0958. The van der Waals surface area contributed by atoms with E-state index in [0.717, 1.165) is 0 Å². The Kier molecular flexibility index (Phi) is 4.26. The monoisotopic (exact) mass is 285 g/mol. The third kappa shape index (κ3) is 3.63. The summed E-state index contributed by atoms with van der Waals surface area (Å²) in [7, 11) is 0. The van der Waals surface area contributed by atoms with Crippen molar-refractivity contribution in [2.75, 3.05) is 5.32 Å².